The summed E-state index contributed by atoms with van der Waals surface area (Å²) in [5, 5.41) is 9.17. The molecule has 1 aromatic rings. The van der Waals surface area contributed by atoms with Crippen LogP contribution in [0.4, 0.5) is 0 Å². The summed E-state index contributed by atoms with van der Waals surface area (Å²) in [4.78, 5) is 18.5. The Bertz CT molecular complexity index is 346. The van der Waals surface area contributed by atoms with Crippen molar-refractivity contribution in [2.75, 3.05) is 6.54 Å². The summed E-state index contributed by atoms with van der Waals surface area (Å²) in [5.41, 5.74) is 6.17. The fraction of sp³-hybridized carbons (Fsp3) is 0.444. The lowest BCUT2D eigenvalue weighted by molar-refractivity contribution is 0.0695. The van der Waals surface area contributed by atoms with E-state index in [4.69, 9.17) is 10.8 Å². The normalized spacial score (nSPS) is 12.4. The fourth-order valence-electron chi connectivity index (χ4n) is 0.938. The van der Waals surface area contributed by atoms with Crippen LogP contribution in [0.2, 0.25) is 0 Å². The number of aromatic carboxylic acids is 1. The molecule has 0 aliphatic carbocycles. The number of nitrogens with two attached hydrogens (primary N) is 1. The molecule has 0 radical (unpaired) electrons. The van der Waals surface area contributed by atoms with E-state index in [1.807, 2.05) is 6.92 Å². The summed E-state index contributed by atoms with van der Waals surface area (Å²) in [5.74, 6) is -0.450. The van der Waals surface area contributed by atoms with Crippen LogP contribution in [-0.2, 0) is 5.75 Å². The molecule has 1 rings (SSSR count). The third-order valence-corrected chi connectivity index (χ3v) is 3.06. The average molecular weight is 227 g/mol. The van der Waals surface area contributed by atoms with E-state index in [2.05, 4.69) is 9.97 Å². The standard InChI is InChI=1S/C9H13N3O2S/c1-6(2-10)15-4-8-7(9(13)14)3-11-5-12-8/h3,5-6H,2,4,10H2,1H3,(H,13,14). The first kappa shape index (κ1) is 11.9. The van der Waals surface area contributed by atoms with Crippen molar-refractivity contribution in [2.24, 2.45) is 5.73 Å². The van der Waals surface area contributed by atoms with E-state index < -0.39 is 5.97 Å². The molecule has 82 valence electrons. The van der Waals surface area contributed by atoms with Gasteiger partial charge in [0.25, 0.3) is 0 Å². The smallest absolute Gasteiger partial charge is 0.339 e. The van der Waals surface area contributed by atoms with E-state index in [0.717, 1.165) is 0 Å². The minimum Gasteiger partial charge on any atom is -0.478 e. The molecular formula is C9H13N3O2S. The molecule has 0 aliphatic heterocycles. The first-order valence-electron chi connectivity index (χ1n) is 4.49. The third-order valence-electron chi connectivity index (χ3n) is 1.86. The highest BCUT2D eigenvalue weighted by molar-refractivity contribution is 7.99. The lowest BCUT2D eigenvalue weighted by Crippen LogP contribution is -2.13. The molecule has 6 heteroatoms. The zero-order valence-electron chi connectivity index (χ0n) is 8.38. The van der Waals surface area contributed by atoms with Gasteiger partial charge in [-0.25, -0.2) is 14.8 Å². The number of hydrogen-bond acceptors (Lipinski definition) is 5. The number of carboxylic acid groups (broad SMARTS) is 1. The number of aromatic nitrogens is 2. The van der Waals surface area contributed by atoms with Gasteiger partial charge in [-0.3, -0.25) is 0 Å². The number of hydrogen-bond donors (Lipinski definition) is 2. The van der Waals surface area contributed by atoms with Crippen molar-refractivity contribution >= 4 is 17.7 Å². The molecular weight excluding hydrogens is 214 g/mol. The molecule has 0 amide bonds. The quantitative estimate of drug-likeness (QED) is 0.771. The molecule has 0 spiro atoms. The van der Waals surface area contributed by atoms with Gasteiger partial charge in [0.15, 0.2) is 0 Å². The Morgan fingerprint density at radius 3 is 3.07 bits per heavy atom. The number of carboxylic acids is 1. The predicted molar refractivity (Wildman–Crippen MR) is 58.8 cm³/mol. The van der Waals surface area contributed by atoms with E-state index in [1.54, 1.807) is 11.8 Å². The summed E-state index contributed by atoms with van der Waals surface area (Å²) in [6.45, 7) is 2.56. The number of rotatable bonds is 5. The van der Waals surface area contributed by atoms with Crippen molar-refractivity contribution in [3.8, 4) is 0 Å². The van der Waals surface area contributed by atoms with Crippen molar-refractivity contribution in [1.29, 1.82) is 0 Å². The minimum atomic E-state index is -0.994. The van der Waals surface area contributed by atoms with E-state index in [9.17, 15) is 4.79 Å². The van der Waals surface area contributed by atoms with Gasteiger partial charge in [-0.2, -0.15) is 11.8 Å². The van der Waals surface area contributed by atoms with Gasteiger partial charge in [-0.05, 0) is 0 Å². The van der Waals surface area contributed by atoms with E-state index >= 15 is 0 Å². The van der Waals surface area contributed by atoms with Crippen LogP contribution in [0.1, 0.15) is 23.0 Å². The lowest BCUT2D eigenvalue weighted by Gasteiger charge is -2.08. The Morgan fingerprint density at radius 2 is 2.47 bits per heavy atom. The highest BCUT2D eigenvalue weighted by Gasteiger charge is 2.12. The molecule has 1 unspecified atom stereocenters. The van der Waals surface area contributed by atoms with Gasteiger partial charge in [0.05, 0.1) is 5.69 Å². The van der Waals surface area contributed by atoms with Crippen LogP contribution >= 0.6 is 11.8 Å². The van der Waals surface area contributed by atoms with E-state index in [1.165, 1.54) is 12.5 Å². The molecule has 0 aliphatic rings. The van der Waals surface area contributed by atoms with Gasteiger partial charge in [-0.15, -0.1) is 0 Å². The molecule has 3 N–H and O–H groups in total. The summed E-state index contributed by atoms with van der Waals surface area (Å²) < 4.78 is 0. The highest BCUT2D eigenvalue weighted by atomic mass is 32.2. The number of thioether (sulfide) groups is 1. The molecule has 0 saturated carbocycles. The number of carbonyl (C=O) groups is 1. The molecule has 15 heavy (non-hydrogen) atoms. The summed E-state index contributed by atoms with van der Waals surface area (Å²) >= 11 is 1.58. The summed E-state index contributed by atoms with van der Waals surface area (Å²) in [6.07, 6.45) is 2.67. The van der Waals surface area contributed by atoms with Crippen LogP contribution in [0.15, 0.2) is 12.5 Å². The Morgan fingerprint density at radius 1 is 1.73 bits per heavy atom. The van der Waals surface area contributed by atoms with Crippen LogP contribution in [0.25, 0.3) is 0 Å². The molecule has 0 fully saturated rings. The second kappa shape index (κ2) is 5.67. The summed E-state index contributed by atoms with van der Waals surface area (Å²) in [6, 6.07) is 0. The van der Waals surface area contributed by atoms with Gasteiger partial charge in [0.2, 0.25) is 0 Å². The van der Waals surface area contributed by atoms with E-state index in [0.29, 0.717) is 23.2 Å². The van der Waals surface area contributed by atoms with Gasteiger partial charge in [-0.1, -0.05) is 6.92 Å². The van der Waals surface area contributed by atoms with Gasteiger partial charge < -0.3 is 10.8 Å². The molecule has 1 atom stereocenters. The molecule has 0 saturated heterocycles. The van der Waals surface area contributed by atoms with Crippen LogP contribution in [0.5, 0.6) is 0 Å². The summed E-state index contributed by atoms with van der Waals surface area (Å²) in [7, 11) is 0. The Hall–Kier alpha value is -1.14. The Kier molecular flexibility index (Phi) is 4.51. The van der Waals surface area contributed by atoms with Gasteiger partial charge in [0.1, 0.15) is 11.9 Å². The maximum atomic E-state index is 10.8. The molecule has 5 nitrogen and oxygen atoms in total. The SMILES string of the molecule is CC(CN)SCc1ncncc1C(=O)O. The van der Waals surface area contributed by atoms with Crippen LogP contribution in [-0.4, -0.2) is 32.8 Å². The van der Waals surface area contributed by atoms with Crippen molar-refractivity contribution in [3.63, 3.8) is 0 Å². The average Bonchev–Trinajstić information content (AvgIpc) is 2.26. The van der Waals surface area contributed by atoms with Gasteiger partial charge in [0, 0.05) is 23.7 Å². The first-order valence-corrected chi connectivity index (χ1v) is 5.54. The second-order valence-corrected chi connectivity index (χ2v) is 4.47. The third kappa shape index (κ3) is 3.49. The molecule has 0 aromatic carbocycles. The maximum absolute atomic E-state index is 10.8. The fourth-order valence-corrected chi connectivity index (χ4v) is 1.75. The zero-order chi connectivity index (χ0) is 11.3. The first-order chi connectivity index (χ1) is 7.15. The number of nitrogens with zero attached hydrogens (tertiary/aromatic N) is 2. The minimum absolute atomic E-state index is 0.161. The van der Waals surface area contributed by atoms with Crippen LogP contribution in [0.3, 0.4) is 0 Å². The zero-order valence-corrected chi connectivity index (χ0v) is 9.20. The monoisotopic (exact) mass is 227 g/mol. The molecule has 0 bridgehead atoms. The Labute approximate surface area is 92.1 Å². The topological polar surface area (TPSA) is 89.1 Å². The van der Waals surface area contributed by atoms with Crippen molar-refractivity contribution in [2.45, 2.75) is 17.9 Å². The van der Waals surface area contributed by atoms with Crippen molar-refractivity contribution in [3.05, 3.63) is 23.8 Å². The van der Waals surface area contributed by atoms with Crippen LogP contribution in [0, 0.1) is 0 Å². The molecule has 1 heterocycles. The highest BCUT2D eigenvalue weighted by Crippen LogP contribution is 2.17. The largest absolute Gasteiger partial charge is 0.478 e. The van der Waals surface area contributed by atoms with Crippen LogP contribution < -0.4 is 5.73 Å². The lowest BCUT2D eigenvalue weighted by atomic mass is 10.2. The maximum Gasteiger partial charge on any atom is 0.339 e. The van der Waals surface area contributed by atoms with Crippen molar-refractivity contribution in [1.82, 2.24) is 9.97 Å². The van der Waals surface area contributed by atoms with E-state index in [-0.39, 0.29) is 5.56 Å². The Balaban J connectivity index is 2.72. The second-order valence-electron chi connectivity index (χ2n) is 3.05. The van der Waals surface area contributed by atoms with Crippen molar-refractivity contribution < 1.29 is 9.90 Å². The van der Waals surface area contributed by atoms with Gasteiger partial charge >= 0.3 is 5.97 Å². The molecule has 1 aromatic heterocycles. The predicted octanol–water partition coefficient (Wildman–Crippen LogP) is 0.755.